The van der Waals surface area contributed by atoms with Gasteiger partial charge in [-0.3, -0.25) is 0 Å². The molecule has 2 fully saturated rings. The number of ether oxygens (including phenoxy) is 1. The summed E-state index contributed by atoms with van der Waals surface area (Å²) in [6.45, 7) is 9.08. The Morgan fingerprint density at radius 2 is 2.00 bits per heavy atom. The first-order valence-electron chi connectivity index (χ1n) is 8.29. The van der Waals surface area contributed by atoms with Crippen LogP contribution in [0.4, 0.5) is 5.13 Å². The van der Waals surface area contributed by atoms with Gasteiger partial charge in [-0.25, -0.2) is 4.98 Å². The molecule has 21 heavy (non-hydrogen) atoms. The smallest absolute Gasteiger partial charge is 0.185 e. The fourth-order valence-corrected chi connectivity index (χ4v) is 4.40. The van der Waals surface area contributed by atoms with Crippen LogP contribution in [0.25, 0.3) is 0 Å². The minimum Gasteiger partial charge on any atom is -0.378 e. The van der Waals surface area contributed by atoms with E-state index in [-0.39, 0.29) is 0 Å². The highest BCUT2D eigenvalue weighted by molar-refractivity contribution is 7.15. The molecule has 0 aromatic carbocycles. The van der Waals surface area contributed by atoms with Crippen molar-refractivity contribution in [3.63, 3.8) is 0 Å². The summed E-state index contributed by atoms with van der Waals surface area (Å²) in [4.78, 5) is 8.73. The van der Waals surface area contributed by atoms with Gasteiger partial charge < -0.3 is 15.0 Å². The fraction of sp³-hybridized carbons (Fsp3) is 0.812. The molecule has 0 radical (unpaired) electrons. The van der Waals surface area contributed by atoms with E-state index in [2.05, 4.69) is 24.1 Å². The number of morpholine rings is 1. The summed E-state index contributed by atoms with van der Waals surface area (Å²) in [5.41, 5.74) is 1.28. The summed E-state index contributed by atoms with van der Waals surface area (Å²) in [5.74, 6) is 0.497. The van der Waals surface area contributed by atoms with Crippen LogP contribution in [0.5, 0.6) is 0 Å². The van der Waals surface area contributed by atoms with Gasteiger partial charge in [0.1, 0.15) is 0 Å². The van der Waals surface area contributed by atoms with Crippen molar-refractivity contribution in [3.05, 3.63) is 10.6 Å². The molecule has 2 aliphatic rings. The number of rotatable bonds is 5. The zero-order valence-electron chi connectivity index (χ0n) is 13.2. The van der Waals surface area contributed by atoms with Crippen LogP contribution in [0, 0.1) is 0 Å². The molecule has 1 aromatic heterocycles. The molecule has 0 bridgehead atoms. The lowest BCUT2D eigenvalue weighted by molar-refractivity contribution is 0.122. The SMILES string of the molecule is CC(C)c1nc(N2CCOCC2)sc1CNC1CCCC1. The summed E-state index contributed by atoms with van der Waals surface area (Å²) >= 11 is 1.87. The molecule has 2 heterocycles. The lowest BCUT2D eigenvalue weighted by atomic mass is 10.1. The predicted molar refractivity (Wildman–Crippen MR) is 88.3 cm³/mol. The van der Waals surface area contributed by atoms with Crippen molar-refractivity contribution in [2.75, 3.05) is 31.2 Å². The first-order valence-corrected chi connectivity index (χ1v) is 9.11. The molecule has 0 amide bonds. The fourth-order valence-electron chi connectivity index (χ4n) is 3.19. The van der Waals surface area contributed by atoms with Crippen molar-refractivity contribution < 1.29 is 4.74 Å². The third-order valence-corrected chi connectivity index (χ3v) is 5.58. The van der Waals surface area contributed by atoms with Gasteiger partial charge in [0.15, 0.2) is 5.13 Å². The highest BCUT2D eigenvalue weighted by Crippen LogP contribution is 2.31. The average Bonchev–Trinajstić information content (AvgIpc) is 3.15. The van der Waals surface area contributed by atoms with Gasteiger partial charge in [0.2, 0.25) is 0 Å². The van der Waals surface area contributed by atoms with Crippen LogP contribution in [-0.4, -0.2) is 37.3 Å². The Morgan fingerprint density at radius 3 is 2.67 bits per heavy atom. The van der Waals surface area contributed by atoms with Crippen LogP contribution in [0.3, 0.4) is 0 Å². The molecular formula is C16H27N3OS. The highest BCUT2D eigenvalue weighted by Gasteiger charge is 2.21. The Hall–Kier alpha value is -0.650. The van der Waals surface area contributed by atoms with E-state index in [1.807, 2.05) is 11.3 Å². The Kier molecular flexibility index (Phi) is 5.14. The molecule has 3 rings (SSSR count). The average molecular weight is 309 g/mol. The zero-order chi connectivity index (χ0) is 14.7. The Balaban J connectivity index is 1.69. The minimum absolute atomic E-state index is 0.497. The standard InChI is InChI=1S/C16H27N3OS/c1-12(2)15-14(11-17-13-5-3-4-6-13)21-16(18-15)19-7-9-20-10-8-19/h12-13,17H,3-11H2,1-2H3. The Labute approximate surface area is 131 Å². The van der Waals surface area contributed by atoms with E-state index in [0.717, 1.165) is 38.9 Å². The minimum atomic E-state index is 0.497. The summed E-state index contributed by atoms with van der Waals surface area (Å²) < 4.78 is 5.44. The van der Waals surface area contributed by atoms with Gasteiger partial charge >= 0.3 is 0 Å². The summed E-state index contributed by atoms with van der Waals surface area (Å²) in [6.07, 6.45) is 5.45. The molecule has 1 aliphatic carbocycles. The van der Waals surface area contributed by atoms with Crippen molar-refractivity contribution in [1.82, 2.24) is 10.3 Å². The van der Waals surface area contributed by atoms with E-state index in [1.165, 1.54) is 41.4 Å². The maximum Gasteiger partial charge on any atom is 0.185 e. The Bertz CT molecular complexity index is 448. The van der Waals surface area contributed by atoms with Gasteiger partial charge in [0.25, 0.3) is 0 Å². The molecule has 5 heteroatoms. The van der Waals surface area contributed by atoms with E-state index in [1.54, 1.807) is 0 Å². The van der Waals surface area contributed by atoms with Crippen LogP contribution in [0.1, 0.15) is 56.0 Å². The zero-order valence-corrected chi connectivity index (χ0v) is 14.0. The molecule has 1 saturated heterocycles. The normalized spacial score (nSPS) is 20.6. The van der Waals surface area contributed by atoms with Crippen LogP contribution < -0.4 is 10.2 Å². The predicted octanol–water partition coefficient (Wildman–Crippen LogP) is 3.14. The quantitative estimate of drug-likeness (QED) is 0.907. The van der Waals surface area contributed by atoms with Crippen LogP contribution in [0.2, 0.25) is 0 Å². The third-order valence-electron chi connectivity index (χ3n) is 4.45. The first kappa shape index (κ1) is 15.3. The summed E-state index contributed by atoms with van der Waals surface area (Å²) in [6, 6.07) is 0.721. The lowest BCUT2D eigenvalue weighted by Gasteiger charge is -2.26. The van der Waals surface area contributed by atoms with E-state index >= 15 is 0 Å². The first-order chi connectivity index (χ1) is 10.2. The second-order valence-electron chi connectivity index (χ2n) is 6.42. The monoisotopic (exact) mass is 309 g/mol. The molecule has 0 unspecified atom stereocenters. The van der Waals surface area contributed by atoms with Crippen LogP contribution in [0.15, 0.2) is 0 Å². The third kappa shape index (κ3) is 3.76. The van der Waals surface area contributed by atoms with E-state index in [4.69, 9.17) is 9.72 Å². The second-order valence-corrected chi connectivity index (χ2v) is 7.48. The molecular weight excluding hydrogens is 282 g/mol. The second kappa shape index (κ2) is 7.07. The van der Waals surface area contributed by atoms with Gasteiger partial charge in [-0.1, -0.05) is 26.7 Å². The maximum absolute atomic E-state index is 5.44. The van der Waals surface area contributed by atoms with Crippen LogP contribution >= 0.6 is 11.3 Å². The molecule has 1 aromatic rings. The van der Waals surface area contributed by atoms with Crippen molar-refractivity contribution in [3.8, 4) is 0 Å². The molecule has 0 atom stereocenters. The van der Waals surface area contributed by atoms with Crippen LogP contribution in [-0.2, 0) is 11.3 Å². The largest absolute Gasteiger partial charge is 0.378 e. The summed E-state index contributed by atoms with van der Waals surface area (Å²) in [5, 5.41) is 4.92. The van der Waals surface area contributed by atoms with E-state index in [0.29, 0.717) is 5.92 Å². The van der Waals surface area contributed by atoms with Crippen molar-refractivity contribution >= 4 is 16.5 Å². The maximum atomic E-state index is 5.44. The molecule has 4 nitrogen and oxygen atoms in total. The summed E-state index contributed by atoms with van der Waals surface area (Å²) in [7, 11) is 0. The molecule has 1 aliphatic heterocycles. The van der Waals surface area contributed by atoms with Crippen molar-refractivity contribution in [2.45, 2.75) is 58.0 Å². The number of thiazole rings is 1. The molecule has 0 spiro atoms. The number of hydrogen-bond donors (Lipinski definition) is 1. The lowest BCUT2D eigenvalue weighted by Crippen LogP contribution is -2.36. The van der Waals surface area contributed by atoms with Gasteiger partial charge in [-0.15, -0.1) is 11.3 Å². The number of hydrogen-bond acceptors (Lipinski definition) is 5. The number of aromatic nitrogens is 1. The van der Waals surface area contributed by atoms with Gasteiger partial charge in [0, 0.05) is 30.6 Å². The number of nitrogens with one attached hydrogen (secondary N) is 1. The molecule has 118 valence electrons. The van der Waals surface area contributed by atoms with Crippen molar-refractivity contribution in [2.24, 2.45) is 0 Å². The highest BCUT2D eigenvalue weighted by atomic mass is 32.1. The van der Waals surface area contributed by atoms with E-state index in [9.17, 15) is 0 Å². The van der Waals surface area contributed by atoms with E-state index < -0.39 is 0 Å². The molecule has 1 saturated carbocycles. The number of anilines is 1. The topological polar surface area (TPSA) is 37.4 Å². The van der Waals surface area contributed by atoms with Gasteiger partial charge in [0.05, 0.1) is 18.9 Å². The van der Waals surface area contributed by atoms with Gasteiger partial charge in [-0.2, -0.15) is 0 Å². The van der Waals surface area contributed by atoms with Crippen molar-refractivity contribution in [1.29, 1.82) is 0 Å². The van der Waals surface area contributed by atoms with Gasteiger partial charge in [-0.05, 0) is 18.8 Å². The number of nitrogens with zero attached hydrogens (tertiary/aromatic N) is 2. The Morgan fingerprint density at radius 1 is 1.29 bits per heavy atom. The molecule has 1 N–H and O–H groups in total.